The monoisotopic (exact) mass is 256 g/mol. The number of hydrogen-bond acceptors (Lipinski definition) is 3. The summed E-state index contributed by atoms with van der Waals surface area (Å²) in [6, 6.07) is 17.0. The van der Waals surface area contributed by atoms with E-state index in [1.54, 1.807) is 12.1 Å². The molecule has 0 aliphatic rings. The lowest BCUT2D eigenvalue weighted by atomic mass is 10.2. The normalized spacial score (nSPS) is 10.5. The van der Waals surface area contributed by atoms with Crippen LogP contribution >= 0.6 is 11.6 Å². The van der Waals surface area contributed by atoms with Gasteiger partial charge in [0.2, 0.25) is 5.82 Å². The average molecular weight is 257 g/mol. The number of tetrazole rings is 1. The van der Waals surface area contributed by atoms with Gasteiger partial charge in [0.1, 0.15) is 0 Å². The second-order valence-corrected chi connectivity index (χ2v) is 4.18. The lowest BCUT2D eigenvalue weighted by Gasteiger charge is -1.97. The highest BCUT2D eigenvalue weighted by molar-refractivity contribution is 6.30. The van der Waals surface area contributed by atoms with Gasteiger partial charge >= 0.3 is 0 Å². The Hall–Kier alpha value is -2.20. The zero-order chi connectivity index (χ0) is 12.4. The maximum absolute atomic E-state index is 5.93. The topological polar surface area (TPSA) is 43.6 Å². The van der Waals surface area contributed by atoms with Crippen molar-refractivity contribution in [2.24, 2.45) is 0 Å². The molecule has 3 rings (SSSR count). The summed E-state index contributed by atoms with van der Waals surface area (Å²) in [4.78, 5) is 1.47. The lowest BCUT2D eigenvalue weighted by molar-refractivity contribution is 0.720. The van der Waals surface area contributed by atoms with Crippen molar-refractivity contribution in [1.29, 1.82) is 0 Å². The molecule has 1 aromatic heterocycles. The first-order chi connectivity index (χ1) is 8.83. The summed E-state index contributed by atoms with van der Waals surface area (Å²) in [5.41, 5.74) is 1.72. The number of hydrogen-bond donors (Lipinski definition) is 0. The van der Waals surface area contributed by atoms with Crippen LogP contribution in [-0.4, -0.2) is 20.2 Å². The lowest BCUT2D eigenvalue weighted by Crippen LogP contribution is -1.98. The van der Waals surface area contributed by atoms with Crippen LogP contribution in [-0.2, 0) is 0 Å². The van der Waals surface area contributed by atoms with Crippen LogP contribution < -0.4 is 0 Å². The highest BCUT2D eigenvalue weighted by Crippen LogP contribution is 2.16. The van der Waals surface area contributed by atoms with Crippen LogP contribution in [0.5, 0.6) is 0 Å². The highest BCUT2D eigenvalue weighted by atomic mass is 35.5. The summed E-state index contributed by atoms with van der Waals surface area (Å²) in [6.45, 7) is 0. The molecule has 3 aromatic rings. The van der Waals surface area contributed by atoms with Gasteiger partial charge in [0, 0.05) is 10.6 Å². The van der Waals surface area contributed by atoms with Crippen molar-refractivity contribution in [1.82, 2.24) is 20.2 Å². The van der Waals surface area contributed by atoms with Crippen LogP contribution in [0.15, 0.2) is 54.6 Å². The smallest absolute Gasteiger partial charge is 0.130 e. The maximum atomic E-state index is 5.93. The van der Waals surface area contributed by atoms with Crippen LogP contribution in [0.3, 0.4) is 0 Å². The molecule has 88 valence electrons. The molecule has 0 aliphatic carbocycles. The minimum Gasteiger partial charge on any atom is -0.130 e. The van der Waals surface area contributed by atoms with Crippen LogP contribution in [0, 0.1) is 0 Å². The van der Waals surface area contributed by atoms with Gasteiger partial charge in [0.05, 0.1) is 5.69 Å². The Morgan fingerprint density at radius 3 is 2.56 bits per heavy atom. The van der Waals surface area contributed by atoms with E-state index >= 15 is 0 Å². The molecule has 0 unspecified atom stereocenters. The second-order valence-electron chi connectivity index (χ2n) is 3.75. The summed E-state index contributed by atoms with van der Waals surface area (Å²) < 4.78 is 0. The van der Waals surface area contributed by atoms with Crippen molar-refractivity contribution >= 4 is 11.6 Å². The number of halogens is 1. The maximum Gasteiger partial charge on any atom is 0.205 e. The molecule has 0 bridgehead atoms. The van der Waals surface area contributed by atoms with E-state index in [4.69, 9.17) is 11.6 Å². The Morgan fingerprint density at radius 2 is 1.78 bits per heavy atom. The third kappa shape index (κ3) is 2.10. The predicted octanol–water partition coefficient (Wildman–Crippen LogP) is 2.98. The summed E-state index contributed by atoms with van der Waals surface area (Å²) in [5, 5.41) is 13.0. The molecule has 18 heavy (non-hydrogen) atoms. The Bertz CT molecular complexity index is 664. The molecule has 2 aromatic carbocycles. The molecule has 0 saturated heterocycles. The van der Waals surface area contributed by atoms with Crippen molar-refractivity contribution < 1.29 is 0 Å². The quantitative estimate of drug-likeness (QED) is 0.708. The van der Waals surface area contributed by atoms with Crippen LogP contribution in [0.25, 0.3) is 17.1 Å². The number of benzene rings is 2. The van der Waals surface area contributed by atoms with E-state index in [-0.39, 0.29) is 0 Å². The first kappa shape index (κ1) is 10.9. The van der Waals surface area contributed by atoms with E-state index in [9.17, 15) is 0 Å². The van der Waals surface area contributed by atoms with Gasteiger partial charge in [-0.3, -0.25) is 0 Å². The number of aromatic nitrogens is 4. The van der Waals surface area contributed by atoms with Crippen LogP contribution in [0.2, 0.25) is 5.02 Å². The summed E-state index contributed by atoms with van der Waals surface area (Å²) in [5.74, 6) is 0.593. The molecule has 0 fully saturated rings. The molecular weight excluding hydrogens is 248 g/mol. The van der Waals surface area contributed by atoms with Crippen molar-refractivity contribution in [2.75, 3.05) is 0 Å². The van der Waals surface area contributed by atoms with Gasteiger partial charge in [-0.2, -0.15) is 0 Å². The fourth-order valence-electron chi connectivity index (χ4n) is 1.63. The highest BCUT2D eigenvalue weighted by Gasteiger charge is 2.06. The molecule has 1 heterocycles. The molecule has 5 heteroatoms. The minimum atomic E-state index is 0.593. The number of rotatable bonds is 2. The van der Waals surface area contributed by atoms with Gasteiger partial charge in [-0.1, -0.05) is 48.0 Å². The zero-order valence-corrected chi connectivity index (χ0v) is 10.1. The number of nitrogens with zero attached hydrogens (tertiary/aromatic N) is 4. The van der Waals surface area contributed by atoms with E-state index in [2.05, 4.69) is 15.4 Å². The van der Waals surface area contributed by atoms with E-state index in [1.807, 2.05) is 42.5 Å². The van der Waals surface area contributed by atoms with Gasteiger partial charge in [-0.15, -0.1) is 15.0 Å². The predicted molar refractivity (Wildman–Crippen MR) is 69.6 cm³/mol. The fraction of sp³-hybridized carbons (Fsp3) is 0. The Balaban J connectivity index is 2.00. The standard InChI is InChI=1S/C13H9ClN4/c14-11-7-4-8-12(9-11)18-16-13(15-17-18)10-5-2-1-3-6-10/h1-9H. The van der Waals surface area contributed by atoms with Crippen LogP contribution in [0.1, 0.15) is 0 Å². The summed E-state index contributed by atoms with van der Waals surface area (Å²) >= 11 is 5.93. The van der Waals surface area contributed by atoms with Gasteiger partial charge < -0.3 is 0 Å². The molecule has 0 spiro atoms. The van der Waals surface area contributed by atoms with E-state index in [1.165, 1.54) is 4.80 Å². The Labute approximate surface area is 109 Å². The molecule has 4 nitrogen and oxygen atoms in total. The minimum absolute atomic E-state index is 0.593. The summed E-state index contributed by atoms with van der Waals surface area (Å²) in [7, 11) is 0. The molecule has 0 saturated carbocycles. The molecule has 0 amide bonds. The zero-order valence-electron chi connectivity index (χ0n) is 9.36. The van der Waals surface area contributed by atoms with Gasteiger partial charge in [-0.05, 0) is 23.4 Å². The van der Waals surface area contributed by atoms with Gasteiger partial charge in [-0.25, -0.2) is 0 Å². The third-order valence-corrected chi connectivity index (χ3v) is 2.72. The second kappa shape index (κ2) is 4.58. The molecule has 0 radical (unpaired) electrons. The third-order valence-electron chi connectivity index (χ3n) is 2.48. The molecule has 0 aliphatic heterocycles. The SMILES string of the molecule is Clc1cccc(-n2nnc(-c3ccccc3)n2)c1. The van der Waals surface area contributed by atoms with Gasteiger partial charge in [0.15, 0.2) is 0 Å². The first-order valence-electron chi connectivity index (χ1n) is 5.44. The Morgan fingerprint density at radius 1 is 0.944 bits per heavy atom. The molecular formula is C13H9ClN4. The Kier molecular flexibility index (Phi) is 2.78. The van der Waals surface area contributed by atoms with Crippen molar-refractivity contribution in [2.45, 2.75) is 0 Å². The average Bonchev–Trinajstić information content (AvgIpc) is 2.89. The van der Waals surface area contributed by atoms with E-state index in [0.29, 0.717) is 10.8 Å². The first-order valence-corrected chi connectivity index (χ1v) is 5.82. The van der Waals surface area contributed by atoms with Crippen molar-refractivity contribution in [3.05, 3.63) is 59.6 Å². The summed E-state index contributed by atoms with van der Waals surface area (Å²) in [6.07, 6.45) is 0. The fourth-order valence-corrected chi connectivity index (χ4v) is 1.81. The van der Waals surface area contributed by atoms with Gasteiger partial charge in [0.25, 0.3) is 0 Å². The molecule has 0 atom stereocenters. The van der Waals surface area contributed by atoms with Crippen molar-refractivity contribution in [3.8, 4) is 17.1 Å². The molecule has 0 N–H and O–H groups in total. The van der Waals surface area contributed by atoms with E-state index in [0.717, 1.165) is 11.3 Å². The largest absolute Gasteiger partial charge is 0.205 e. The van der Waals surface area contributed by atoms with Crippen LogP contribution in [0.4, 0.5) is 0 Å². The van der Waals surface area contributed by atoms with E-state index < -0.39 is 0 Å². The van der Waals surface area contributed by atoms with Crippen molar-refractivity contribution in [3.63, 3.8) is 0 Å².